The molecular formula is C18H19N3O5S. The minimum absolute atomic E-state index is 0.135. The molecule has 0 aliphatic carbocycles. The smallest absolute Gasteiger partial charge is 0.326 e. The van der Waals surface area contributed by atoms with Gasteiger partial charge in [0, 0.05) is 30.9 Å². The van der Waals surface area contributed by atoms with Crippen molar-refractivity contribution < 1.29 is 23.1 Å². The highest BCUT2D eigenvalue weighted by Crippen LogP contribution is 2.30. The molecule has 1 atom stereocenters. The highest BCUT2D eigenvalue weighted by molar-refractivity contribution is 7.92. The molecule has 2 heterocycles. The first kappa shape index (κ1) is 18.8. The highest BCUT2D eigenvalue weighted by atomic mass is 32.2. The van der Waals surface area contributed by atoms with Crippen LogP contribution in [0.2, 0.25) is 0 Å². The number of amides is 1. The van der Waals surface area contributed by atoms with E-state index >= 15 is 0 Å². The summed E-state index contributed by atoms with van der Waals surface area (Å²) in [5, 5.41) is 11.9. The average Bonchev–Trinajstić information content (AvgIpc) is 3.05. The van der Waals surface area contributed by atoms with Crippen LogP contribution in [0.3, 0.4) is 0 Å². The van der Waals surface area contributed by atoms with E-state index < -0.39 is 27.9 Å². The summed E-state index contributed by atoms with van der Waals surface area (Å²) in [5.41, 5.74) is 2.34. The van der Waals surface area contributed by atoms with E-state index in [0.717, 1.165) is 17.4 Å². The third kappa shape index (κ3) is 4.25. The van der Waals surface area contributed by atoms with Crippen LogP contribution in [0.1, 0.15) is 21.5 Å². The molecule has 1 aromatic carbocycles. The Morgan fingerprint density at radius 2 is 1.96 bits per heavy atom. The quantitative estimate of drug-likeness (QED) is 0.756. The molecule has 2 aromatic rings. The van der Waals surface area contributed by atoms with E-state index in [-0.39, 0.29) is 6.42 Å². The van der Waals surface area contributed by atoms with E-state index in [0.29, 0.717) is 24.2 Å². The van der Waals surface area contributed by atoms with Crippen molar-refractivity contribution in [3.63, 3.8) is 0 Å². The number of carbonyl (C=O) groups excluding carboxylic acids is 1. The summed E-state index contributed by atoms with van der Waals surface area (Å²) < 4.78 is 24.9. The van der Waals surface area contributed by atoms with Crippen molar-refractivity contribution in [3.8, 4) is 0 Å². The summed E-state index contributed by atoms with van der Waals surface area (Å²) in [6.45, 7) is 0.332. The number of carboxylic acids is 1. The topological polar surface area (TPSA) is 117 Å². The van der Waals surface area contributed by atoms with Gasteiger partial charge in [-0.1, -0.05) is 0 Å². The number of anilines is 1. The number of pyridine rings is 1. The van der Waals surface area contributed by atoms with Gasteiger partial charge in [0.1, 0.15) is 6.04 Å². The minimum atomic E-state index is -3.36. The van der Waals surface area contributed by atoms with Crippen molar-refractivity contribution in [3.05, 3.63) is 59.4 Å². The molecule has 0 radical (unpaired) electrons. The summed E-state index contributed by atoms with van der Waals surface area (Å²) in [7, 11) is -3.36. The molecule has 27 heavy (non-hydrogen) atoms. The Labute approximate surface area is 156 Å². The van der Waals surface area contributed by atoms with Crippen molar-refractivity contribution in [1.82, 2.24) is 10.3 Å². The molecule has 1 unspecified atom stereocenters. The second kappa shape index (κ2) is 7.36. The number of hydrogen-bond acceptors (Lipinski definition) is 5. The molecule has 0 saturated heterocycles. The number of sulfonamides is 1. The van der Waals surface area contributed by atoms with E-state index in [1.54, 1.807) is 36.7 Å². The Bertz CT molecular complexity index is 976. The molecule has 2 N–H and O–H groups in total. The van der Waals surface area contributed by atoms with Gasteiger partial charge in [0.05, 0.1) is 11.9 Å². The molecule has 0 bridgehead atoms. The third-order valence-corrected chi connectivity index (χ3v) is 5.57. The highest BCUT2D eigenvalue weighted by Gasteiger charge is 2.27. The van der Waals surface area contributed by atoms with Gasteiger partial charge in [-0.3, -0.25) is 14.1 Å². The van der Waals surface area contributed by atoms with Gasteiger partial charge in [-0.2, -0.15) is 0 Å². The monoisotopic (exact) mass is 389 g/mol. The Kier molecular flexibility index (Phi) is 5.13. The first-order valence-corrected chi connectivity index (χ1v) is 10.1. The Morgan fingerprint density at radius 3 is 2.59 bits per heavy atom. The molecule has 0 spiro atoms. The van der Waals surface area contributed by atoms with Crippen molar-refractivity contribution >= 4 is 27.6 Å². The number of carbonyl (C=O) groups is 2. The number of fused-ring (bicyclic) bond motifs is 1. The van der Waals surface area contributed by atoms with Gasteiger partial charge in [0.2, 0.25) is 10.0 Å². The maximum Gasteiger partial charge on any atom is 0.326 e. The first-order chi connectivity index (χ1) is 12.8. The fourth-order valence-electron chi connectivity index (χ4n) is 3.05. The van der Waals surface area contributed by atoms with Crippen LogP contribution in [0, 0.1) is 0 Å². The lowest BCUT2D eigenvalue weighted by atomic mass is 10.1. The lowest BCUT2D eigenvalue weighted by Gasteiger charge is -2.17. The van der Waals surface area contributed by atoms with Crippen LogP contribution in [-0.2, 0) is 27.7 Å². The van der Waals surface area contributed by atoms with Crippen LogP contribution < -0.4 is 9.62 Å². The van der Waals surface area contributed by atoms with Gasteiger partial charge in [-0.05, 0) is 47.9 Å². The van der Waals surface area contributed by atoms with E-state index in [4.69, 9.17) is 0 Å². The van der Waals surface area contributed by atoms with Crippen molar-refractivity contribution in [2.45, 2.75) is 18.9 Å². The number of nitrogens with one attached hydrogen (secondary N) is 1. The number of benzene rings is 1. The molecular weight excluding hydrogens is 370 g/mol. The molecule has 1 amide bonds. The molecule has 3 rings (SSSR count). The van der Waals surface area contributed by atoms with Crippen LogP contribution in [0.25, 0.3) is 0 Å². The zero-order chi connectivity index (χ0) is 19.6. The van der Waals surface area contributed by atoms with Gasteiger partial charge >= 0.3 is 5.97 Å². The zero-order valence-electron chi connectivity index (χ0n) is 14.6. The van der Waals surface area contributed by atoms with Crippen molar-refractivity contribution in [1.29, 1.82) is 0 Å². The number of aliphatic carboxylic acids is 1. The van der Waals surface area contributed by atoms with Gasteiger partial charge < -0.3 is 10.4 Å². The molecule has 9 heteroatoms. The van der Waals surface area contributed by atoms with E-state index in [2.05, 4.69) is 10.3 Å². The maximum absolute atomic E-state index is 12.5. The molecule has 8 nitrogen and oxygen atoms in total. The molecule has 1 aliphatic rings. The van der Waals surface area contributed by atoms with Crippen molar-refractivity contribution in [2.75, 3.05) is 17.1 Å². The summed E-state index contributed by atoms with van der Waals surface area (Å²) in [6.07, 6.45) is 4.90. The Hall–Kier alpha value is -2.94. The first-order valence-electron chi connectivity index (χ1n) is 8.29. The largest absolute Gasteiger partial charge is 0.480 e. The lowest BCUT2D eigenvalue weighted by molar-refractivity contribution is -0.139. The fraction of sp³-hybridized carbons (Fsp3) is 0.278. The molecule has 1 aliphatic heterocycles. The number of hydrogen-bond donors (Lipinski definition) is 2. The number of carboxylic acid groups (broad SMARTS) is 1. The van der Waals surface area contributed by atoms with Crippen LogP contribution >= 0.6 is 0 Å². The molecule has 1 aromatic heterocycles. The van der Waals surface area contributed by atoms with Crippen LogP contribution in [0.5, 0.6) is 0 Å². The number of aromatic nitrogens is 1. The normalized spacial score (nSPS) is 14.5. The van der Waals surface area contributed by atoms with Gasteiger partial charge in [-0.15, -0.1) is 0 Å². The second-order valence-corrected chi connectivity index (χ2v) is 8.26. The fourth-order valence-corrected chi connectivity index (χ4v) is 4.01. The third-order valence-electron chi connectivity index (χ3n) is 4.39. The van der Waals surface area contributed by atoms with Crippen LogP contribution in [0.4, 0.5) is 5.69 Å². The van der Waals surface area contributed by atoms with Gasteiger partial charge in [-0.25, -0.2) is 13.2 Å². The van der Waals surface area contributed by atoms with Crippen LogP contribution in [0.15, 0.2) is 42.7 Å². The van der Waals surface area contributed by atoms with Crippen LogP contribution in [-0.4, -0.2) is 49.2 Å². The summed E-state index contributed by atoms with van der Waals surface area (Å²) >= 11 is 0. The summed E-state index contributed by atoms with van der Waals surface area (Å²) in [4.78, 5) is 27.9. The summed E-state index contributed by atoms with van der Waals surface area (Å²) in [5.74, 6) is -1.65. The Balaban J connectivity index is 1.77. The standard InChI is InChI=1S/C18H19N3O5S/c1-27(25,26)21-9-6-13-11-14(2-3-16(13)21)17(22)20-15(18(23)24)10-12-4-7-19-8-5-12/h2-5,7-8,11,15H,6,9-10H2,1H3,(H,20,22)(H,23,24). The average molecular weight is 389 g/mol. The Morgan fingerprint density at radius 1 is 1.26 bits per heavy atom. The molecule has 0 fully saturated rings. The van der Waals surface area contributed by atoms with E-state index in [9.17, 15) is 23.1 Å². The van der Waals surface area contributed by atoms with Gasteiger partial charge in [0.25, 0.3) is 5.91 Å². The number of nitrogens with zero attached hydrogens (tertiary/aromatic N) is 2. The molecule has 142 valence electrons. The minimum Gasteiger partial charge on any atom is -0.480 e. The second-order valence-electron chi connectivity index (χ2n) is 6.35. The predicted molar refractivity (Wildman–Crippen MR) is 99.2 cm³/mol. The lowest BCUT2D eigenvalue weighted by Crippen LogP contribution is -2.42. The van der Waals surface area contributed by atoms with Gasteiger partial charge in [0.15, 0.2) is 0 Å². The zero-order valence-corrected chi connectivity index (χ0v) is 15.4. The molecule has 0 saturated carbocycles. The SMILES string of the molecule is CS(=O)(=O)N1CCc2cc(C(=O)NC(Cc3ccncc3)C(=O)O)ccc21. The van der Waals surface area contributed by atoms with Crippen molar-refractivity contribution in [2.24, 2.45) is 0 Å². The predicted octanol–water partition coefficient (Wildman–Crippen LogP) is 0.829. The summed E-state index contributed by atoms with van der Waals surface area (Å²) in [6, 6.07) is 7.00. The number of rotatable bonds is 6. The van der Waals surface area contributed by atoms with E-state index in [1.807, 2.05) is 0 Å². The maximum atomic E-state index is 12.5. The van der Waals surface area contributed by atoms with E-state index in [1.165, 1.54) is 10.4 Å².